The lowest BCUT2D eigenvalue weighted by molar-refractivity contribution is 0.0223. The highest BCUT2D eigenvalue weighted by molar-refractivity contribution is 5.59. The van der Waals surface area contributed by atoms with Gasteiger partial charge in [0.1, 0.15) is 30.0 Å². The lowest BCUT2D eigenvalue weighted by Crippen LogP contribution is -2.26. The molecule has 1 heterocycles. The Kier molecular flexibility index (Phi) is 5.68. The molecule has 0 unspecified atom stereocenters. The van der Waals surface area contributed by atoms with Crippen molar-refractivity contribution in [2.75, 3.05) is 18.5 Å². The van der Waals surface area contributed by atoms with E-state index < -0.39 is 28.7 Å². The molecule has 1 fully saturated rings. The number of benzene rings is 1. The Morgan fingerprint density at radius 2 is 1.67 bits per heavy atom. The summed E-state index contributed by atoms with van der Waals surface area (Å²) >= 11 is 0. The first-order valence-corrected chi connectivity index (χ1v) is 7.04. The largest absolute Gasteiger partial charge is 0.484 e. The summed E-state index contributed by atoms with van der Waals surface area (Å²) in [6.07, 6.45) is 0.738. The van der Waals surface area contributed by atoms with Crippen molar-refractivity contribution in [2.24, 2.45) is 0 Å². The van der Waals surface area contributed by atoms with E-state index in [0.717, 1.165) is 12.1 Å². The van der Waals surface area contributed by atoms with Crippen LogP contribution < -0.4 is 10.1 Å². The van der Waals surface area contributed by atoms with Crippen molar-refractivity contribution in [2.45, 2.75) is 18.9 Å². The maximum absolute atomic E-state index is 14.1. The highest BCUT2D eigenvalue weighted by Crippen LogP contribution is 2.29. The standard InChI is InChI=1S/C16H12F2N4O2/c17-13-5-11(22-15(9-21)10(7-19)8-20)6-14(18)16(13)24-12-1-3-23-4-2-12/h5-6,12,22H,1-4H2. The fourth-order valence-corrected chi connectivity index (χ4v) is 2.13. The molecule has 0 atom stereocenters. The van der Waals surface area contributed by atoms with Gasteiger partial charge in [-0.15, -0.1) is 0 Å². The summed E-state index contributed by atoms with van der Waals surface area (Å²) in [5, 5.41) is 28.8. The summed E-state index contributed by atoms with van der Waals surface area (Å²) < 4.78 is 38.7. The molecule has 6 nitrogen and oxygen atoms in total. The molecule has 8 heteroatoms. The number of allylic oxidation sites excluding steroid dienone is 2. The minimum atomic E-state index is -0.947. The van der Waals surface area contributed by atoms with Crippen molar-refractivity contribution >= 4 is 5.69 Å². The molecule has 122 valence electrons. The molecule has 0 aromatic heterocycles. The van der Waals surface area contributed by atoms with Crippen LogP contribution in [0.3, 0.4) is 0 Å². The third-order valence-corrected chi connectivity index (χ3v) is 3.31. The van der Waals surface area contributed by atoms with Gasteiger partial charge in [-0.1, -0.05) is 0 Å². The van der Waals surface area contributed by atoms with Crippen molar-refractivity contribution in [1.29, 1.82) is 15.8 Å². The van der Waals surface area contributed by atoms with Crippen LogP contribution in [0.5, 0.6) is 5.75 Å². The molecule has 1 aromatic carbocycles. The highest BCUT2D eigenvalue weighted by Gasteiger charge is 2.21. The summed E-state index contributed by atoms with van der Waals surface area (Å²) in [7, 11) is 0. The molecule has 0 radical (unpaired) electrons. The van der Waals surface area contributed by atoms with Crippen LogP contribution in [0.1, 0.15) is 12.8 Å². The Bertz CT molecular complexity index is 742. The topological polar surface area (TPSA) is 102 Å². The first-order chi connectivity index (χ1) is 11.6. The highest BCUT2D eigenvalue weighted by atomic mass is 19.1. The molecule has 1 aromatic rings. The van der Waals surface area contributed by atoms with E-state index in [-0.39, 0.29) is 11.8 Å². The summed E-state index contributed by atoms with van der Waals surface area (Å²) in [5.74, 6) is -2.40. The van der Waals surface area contributed by atoms with Crippen molar-refractivity contribution in [3.8, 4) is 24.0 Å². The molecule has 0 saturated carbocycles. The zero-order valence-electron chi connectivity index (χ0n) is 12.5. The van der Waals surface area contributed by atoms with Gasteiger partial charge in [-0.2, -0.15) is 15.8 Å². The lowest BCUT2D eigenvalue weighted by Gasteiger charge is -2.23. The van der Waals surface area contributed by atoms with Gasteiger partial charge < -0.3 is 14.8 Å². The number of nitriles is 3. The number of ether oxygens (including phenoxy) is 2. The van der Waals surface area contributed by atoms with Gasteiger partial charge in [-0.3, -0.25) is 0 Å². The van der Waals surface area contributed by atoms with Crippen molar-refractivity contribution in [3.05, 3.63) is 35.0 Å². The van der Waals surface area contributed by atoms with Gasteiger partial charge >= 0.3 is 0 Å². The second-order valence-electron chi connectivity index (χ2n) is 4.91. The van der Waals surface area contributed by atoms with Crippen LogP contribution >= 0.6 is 0 Å². The Morgan fingerprint density at radius 1 is 1.08 bits per heavy atom. The molecule has 0 aliphatic carbocycles. The lowest BCUT2D eigenvalue weighted by atomic mass is 10.1. The molecule has 2 rings (SSSR count). The van der Waals surface area contributed by atoms with Crippen LogP contribution in [0.2, 0.25) is 0 Å². The van der Waals surface area contributed by atoms with Gasteiger partial charge in [-0.05, 0) is 0 Å². The van der Waals surface area contributed by atoms with Crippen LogP contribution in [-0.2, 0) is 4.74 Å². The number of anilines is 1. The maximum Gasteiger partial charge on any atom is 0.191 e. The van der Waals surface area contributed by atoms with Crippen LogP contribution in [0.25, 0.3) is 0 Å². The molecule has 0 spiro atoms. The number of hydrogen-bond donors (Lipinski definition) is 1. The van der Waals surface area contributed by atoms with Gasteiger partial charge in [0.2, 0.25) is 0 Å². The molecule has 0 amide bonds. The Hall–Kier alpha value is -3.15. The molecule has 1 aliphatic heterocycles. The zero-order valence-corrected chi connectivity index (χ0v) is 12.5. The molecular weight excluding hydrogens is 318 g/mol. The number of rotatable bonds is 4. The maximum atomic E-state index is 14.1. The molecular formula is C16H12F2N4O2. The fourth-order valence-electron chi connectivity index (χ4n) is 2.13. The minimum absolute atomic E-state index is 0.108. The minimum Gasteiger partial charge on any atom is -0.484 e. The zero-order chi connectivity index (χ0) is 17.5. The van der Waals surface area contributed by atoms with E-state index in [0.29, 0.717) is 26.1 Å². The monoisotopic (exact) mass is 330 g/mol. The predicted molar refractivity (Wildman–Crippen MR) is 78.3 cm³/mol. The molecule has 1 N–H and O–H groups in total. The number of nitrogens with one attached hydrogen (secondary N) is 1. The van der Waals surface area contributed by atoms with Crippen LogP contribution in [0.15, 0.2) is 23.4 Å². The van der Waals surface area contributed by atoms with Gasteiger partial charge in [0.05, 0.1) is 13.2 Å². The van der Waals surface area contributed by atoms with E-state index in [4.69, 9.17) is 25.3 Å². The molecule has 1 aliphatic rings. The number of halogens is 2. The predicted octanol–water partition coefficient (Wildman–Crippen LogP) is 2.76. The van der Waals surface area contributed by atoms with E-state index in [9.17, 15) is 8.78 Å². The second-order valence-corrected chi connectivity index (χ2v) is 4.91. The second kappa shape index (κ2) is 7.92. The smallest absolute Gasteiger partial charge is 0.191 e. The number of hydrogen-bond acceptors (Lipinski definition) is 6. The van der Waals surface area contributed by atoms with Crippen LogP contribution in [-0.4, -0.2) is 19.3 Å². The van der Waals surface area contributed by atoms with E-state index in [1.165, 1.54) is 12.1 Å². The summed E-state index contributed by atoms with van der Waals surface area (Å²) in [6.45, 7) is 0.934. The molecule has 1 saturated heterocycles. The summed E-state index contributed by atoms with van der Waals surface area (Å²) in [6, 6.07) is 6.52. The fraction of sp³-hybridized carbons (Fsp3) is 0.312. The summed E-state index contributed by atoms with van der Waals surface area (Å²) in [5.41, 5.74) is -0.985. The van der Waals surface area contributed by atoms with E-state index in [1.807, 2.05) is 0 Å². The third kappa shape index (κ3) is 3.98. The Labute approximate surface area is 137 Å². The van der Waals surface area contributed by atoms with E-state index >= 15 is 0 Å². The van der Waals surface area contributed by atoms with Gasteiger partial charge in [0, 0.05) is 30.7 Å². The van der Waals surface area contributed by atoms with Crippen molar-refractivity contribution in [1.82, 2.24) is 0 Å². The Morgan fingerprint density at radius 3 is 2.17 bits per heavy atom. The summed E-state index contributed by atoms with van der Waals surface area (Å²) in [4.78, 5) is 0. The average Bonchev–Trinajstić information content (AvgIpc) is 2.59. The van der Waals surface area contributed by atoms with Crippen LogP contribution in [0.4, 0.5) is 14.5 Å². The molecule has 24 heavy (non-hydrogen) atoms. The molecule has 0 bridgehead atoms. The van der Waals surface area contributed by atoms with Gasteiger partial charge in [0.15, 0.2) is 23.0 Å². The number of nitrogens with zero attached hydrogens (tertiary/aromatic N) is 3. The van der Waals surface area contributed by atoms with Crippen molar-refractivity contribution in [3.63, 3.8) is 0 Å². The quantitative estimate of drug-likeness (QED) is 0.852. The first kappa shape index (κ1) is 17.2. The SMILES string of the molecule is N#CC(C#N)=C(C#N)Nc1cc(F)c(OC2CCOCC2)c(F)c1. The van der Waals surface area contributed by atoms with Gasteiger partial charge in [-0.25, -0.2) is 8.78 Å². The normalized spacial score (nSPS) is 14.0. The third-order valence-electron chi connectivity index (χ3n) is 3.31. The van der Waals surface area contributed by atoms with Crippen LogP contribution in [0, 0.1) is 45.6 Å². The van der Waals surface area contributed by atoms with Gasteiger partial charge in [0.25, 0.3) is 0 Å². The van der Waals surface area contributed by atoms with E-state index in [2.05, 4.69) is 5.32 Å². The first-order valence-electron chi connectivity index (χ1n) is 7.04. The van der Waals surface area contributed by atoms with E-state index in [1.54, 1.807) is 6.07 Å². The van der Waals surface area contributed by atoms with Crippen molar-refractivity contribution < 1.29 is 18.3 Å². The Balaban J connectivity index is 2.23. The average molecular weight is 330 g/mol.